The van der Waals surface area contributed by atoms with Crippen molar-refractivity contribution in [2.24, 2.45) is 0 Å². The summed E-state index contributed by atoms with van der Waals surface area (Å²) in [6.07, 6.45) is 3.43. The van der Waals surface area contributed by atoms with E-state index in [-0.39, 0.29) is 0 Å². The molecule has 0 bridgehead atoms. The summed E-state index contributed by atoms with van der Waals surface area (Å²) in [7, 11) is 0. The van der Waals surface area contributed by atoms with Gasteiger partial charge in [0.15, 0.2) is 0 Å². The van der Waals surface area contributed by atoms with E-state index < -0.39 is 0 Å². The Hall–Kier alpha value is -1.51. The van der Waals surface area contributed by atoms with Gasteiger partial charge in [-0.1, -0.05) is 54.2 Å². The highest BCUT2D eigenvalue weighted by Crippen LogP contribution is 2.34. The highest BCUT2D eigenvalue weighted by Gasteiger charge is 2.10. The smallest absolute Gasteiger partial charge is 0.0197 e. The van der Waals surface area contributed by atoms with Gasteiger partial charge in [0, 0.05) is 16.3 Å². The molecule has 2 heteroatoms. The van der Waals surface area contributed by atoms with Crippen LogP contribution >= 0.6 is 11.8 Å². The van der Waals surface area contributed by atoms with Gasteiger partial charge in [0.05, 0.1) is 0 Å². The van der Waals surface area contributed by atoms with E-state index in [2.05, 4.69) is 66.0 Å². The van der Waals surface area contributed by atoms with Crippen LogP contribution in [-0.4, -0.2) is 13.1 Å². The van der Waals surface area contributed by atoms with Crippen LogP contribution in [0.1, 0.15) is 12.0 Å². The molecule has 0 spiro atoms. The van der Waals surface area contributed by atoms with E-state index in [0.717, 1.165) is 19.5 Å². The maximum atomic E-state index is 3.37. The number of nitrogens with one attached hydrogen (secondary N) is 1. The van der Waals surface area contributed by atoms with Crippen molar-refractivity contribution in [1.29, 1.82) is 0 Å². The fraction of sp³-hybridized carbons (Fsp3) is 0.176. The third kappa shape index (κ3) is 3.09. The molecule has 0 radical (unpaired) electrons. The molecule has 0 saturated heterocycles. The lowest BCUT2D eigenvalue weighted by Crippen LogP contribution is -2.20. The van der Waals surface area contributed by atoms with Gasteiger partial charge < -0.3 is 5.32 Å². The van der Waals surface area contributed by atoms with Crippen LogP contribution < -0.4 is 5.32 Å². The summed E-state index contributed by atoms with van der Waals surface area (Å²) in [4.78, 5) is 2.64. The molecule has 1 aliphatic rings. The quantitative estimate of drug-likeness (QED) is 0.894. The minimum atomic E-state index is 0.986. The van der Waals surface area contributed by atoms with E-state index in [1.165, 1.54) is 20.9 Å². The molecule has 1 nitrogen and oxygen atoms in total. The van der Waals surface area contributed by atoms with Crippen LogP contribution in [0.15, 0.2) is 70.5 Å². The van der Waals surface area contributed by atoms with E-state index in [1.54, 1.807) is 0 Å². The van der Waals surface area contributed by atoms with Crippen molar-refractivity contribution in [3.63, 3.8) is 0 Å². The van der Waals surface area contributed by atoms with Crippen LogP contribution in [0, 0.1) is 0 Å². The molecule has 1 aliphatic heterocycles. The SMILES string of the molecule is C1=C(c2ccccc2Sc2ccccc2)CCNC1. The Morgan fingerprint density at radius 3 is 2.47 bits per heavy atom. The third-order valence-electron chi connectivity index (χ3n) is 3.27. The lowest BCUT2D eigenvalue weighted by atomic mass is 10.0. The van der Waals surface area contributed by atoms with Gasteiger partial charge in [-0.15, -0.1) is 0 Å². The lowest BCUT2D eigenvalue weighted by Gasteiger charge is -2.17. The summed E-state index contributed by atoms with van der Waals surface area (Å²) < 4.78 is 0. The molecular weight excluding hydrogens is 250 g/mol. The molecular formula is C17H17NS. The molecule has 1 N–H and O–H groups in total. The highest BCUT2D eigenvalue weighted by atomic mass is 32.2. The topological polar surface area (TPSA) is 12.0 Å². The lowest BCUT2D eigenvalue weighted by molar-refractivity contribution is 0.737. The van der Waals surface area contributed by atoms with E-state index in [4.69, 9.17) is 0 Å². The Balaban J connectivity index is 1.91. The van der Waals surface area contributed by atoms with Gasteiger partial charge in [-0.2, -0.15) is 0 Å². The van der Waals surface area contributed by atoms with Crippen molar-refractivity contribution < 1.29 is 0 Å². The largest absolute Gasteiger partial charge is 0.313 e. The van der Waals surface area contributed by atoms with Crippen LogP contribution in [-0.2, 0) is 0 Å². The van der Waals surface area contributed by atoms with Gasteiger partial charge in [-0.05, 0) is 42.3 Å². The van der Waals surface area contributed by atoms with Crippen LogP contribution in [0.3, 0.4) is 0 Å². The van der Waals surface area contributed by atoms with Crippen LogP contribution in [0.4, 0.5) is 0 Å². The Bertz CT molecular complexity index is 575. The molecule has 0 unspecified atom stereocenters. The molecule has 0 aromatic heterocycles. The fourth-order valence-corrected chi connectivity index (χ4v) is 3.31. The van der Waals surface area contributed by atoms with Gasteiger partial charge in [0.1, 0.15) is 0 Å². The first-order chi connectivity index (χ1) is 9.43. The summed E-state index contributed by atoms with van der Waals surface area (Å²) in [5, 5.41) is 3.37. The molecule has 0 fully saturated rings. The standard InChI is InChI=1S/C17H17NS/c1-2-6-15(7-3-1)19-17-9-5-4-8-16(17)14-10-12-18-13-11-14/h1-10,18H,11-13H2. The second-order valence-electron chi connectivity index (χ2n) is 4.59. The molecule has 2 aromatic carbocycles. The number of hydrogen-bond donors (Lipinski definition) is 1. The molecule has 2 aromatic rings. The molecule has 19 heavy (non-hydrogen) atoms. The second kappa shape index (κ2) is 6.09. The van der Waals surface area contributed by atoms with E-state index >= 15 is 0 Å². The summed E-state index contributed by atoms with van der Waals surface area (Å²) in [6, 6.07) is 19.3. The maximum Gasteiger partial charge on any atom is 0.0197 e. The maximum absolute atomic E-state index is 3.37. The second-order valence-corrected chi connectivity index (χ2v) is 5.71. The van der Waals surface area contributed by atoms with Crippen molar-refractivity contribution in [2.45, 2.75) is 16.2 Å². The first kappa shape index (κ1) is 12.5. The predicted octanol–water partition coefficient (Wildman–Crippen LogP) is 4.21. The van der Waals surface area contributed by atoms with Gasteiger partial charge in [0.25, 0.3) is 0 Å². The summed E-state index contributed by atoms with van der Waals surface area (Å²) in [5.41, 5.74) is 2.86. The third-order valence-corrected chi connectivity index (χ3v) is 4.35. The van der Waals surface area contributed by atoms with Crippen molar-refractivity contribution in [1.82, 2.24) is 5.32 Å². The Kier molecular flexibility index (Phi) is 4.01. The zero-order valence-electron chi connectivity index (χ0n) is 10.8. The van der Waals surface area contributed by atoms with Crippen LogP contribution in [0.2, 0.25) is 0 Å². The monoisotopic (exact) mass is 267 g/mol. The summed E-state index contributed by atoms with van der Waals surface area (Å²) >= 11 is 1.85. The Morgan fingerprint density at radius 1 is 0.895 bits per heavy atom. The molecule has 3 rings (SSSR count). The minimum Gasteiger partial charge on any atom is -0.313 e. The molecule has 0 aliphatic carbocycles. The Morgan fingerprint density at radius 2 is 1.68 bits per heavy atom. The zero-order chi connectivity index (χ0) is 12.9. The Labute approximate surface area is 118 Å². The van der Waals surface area contributed by atoms with Gasteiger partial charge >= 0.3 is 0 Å². The molecule has 0 atom stereocenters. The summed E-state index contributed by atoms with van der Waals surface area (Å²) in [6.45, 7) is 2.07. The van der Waals surface area contributed by atoms with E-state index in [0.29, 0.717) is 0 Å². The first-order valence-electron chi connectivity index (χ1n) is 6.65. The predicted molar refractivity (Wildman–Crippen MR) is 82.5 cm³/mol. The molecule has 1 heterocycles. The van der Waals surface area contributed by atoms with Gasteiger partial charge in [-0.25, -0.2) is 0 Å². The van der Waals surface area contributed by atoms with Gasteiger partial charge in [-0.3, -0.25) is 0 Å². The fourth-order valence-electron chi connectivity index (χ4n) is 2.30. The normalized spacial score (nSPS) is 15.1. The molecule has 96 valence electrons. The number of hydrogen-bond acceptors (Lipinski definition) is 2. The number of rotatable bonds is 3. The summed E-state index contributed by atoms with van der Waals surface area (Å²) in [5.74, 6) is 0. The van der Waals surface area contributed by atoms with Crippen LogP contribution in [0.25, 0.3) is 5.57 Å². The van der Waals surface area contributed by atoms with E-state index in [9.17, 15) is 0 Å². The van der Waals surface area contributed by atoms with E-state index in [1.807, 2.05) is 11.8 Å². The van der Waals surface area contributed by atoms with Crippen molar-refractivity contribution in [2.75, 3.05) is 13.1 Å². The average Bonchev–Trinajstić information content (AvgIpc) is 2.50. The zero-order valence-corrected chi connectivity index (χ0v) is 11.6. The molecule has 0 saturated carbocycles. The average molecular weight is 267 g/mol. The van der Waals surface area contributed by atoms with Crippen molar-refractivity contribution in [3.05, 3.63) is 66.2 Å². The van der Waals surface area contributed by atoms with Crippen molar-refractivity contribution >= 4 is 17.3 Å². The number of benzene rings is 2. The molecule has 0 amide bonds. The highest BCUT2D eigenvalue weighted by molar-refractivity contribution is 7.99. The first-order valence-corrected chi connectivity index (χ1v) is 7.47. The minimum absolute atomic E-state index is 0.986. The van der Waals surface area contributed by atoms with Crippen LogP contribution in [0.5, 0.6) is 0 Å². The van der Waals surface area contributed by atoms with Crippen molar-refractivity contribution in [3.8, 4) is 0 Å². The van der Waals surface area contributed by atoms with Gasteiger partial charge in [0.2, 0.25) is 0 Å².